The number of benzene rings is 2. The van der Waals surface area contributed by atoms with Crippen molar-refractivity contribution in [1.82, 2.24) is 4.90 Å². The van der Waals surface area contributed by atoms with Gasteiger partial charge in [0.2, 0.25) is 0 Å². The normalized spacial score (nSPS) is 16.8. The third kappa shape index (κ3) is 4.77. The standard InChI is InChI=1S/C19H22ClN3O2S/c20-16-6-10-18(11-7-16)26(24,25)22-19-3-1-2-13-23(19)14-12-15-4-8-17(21)9-5-15/h4-11H,1-3,12-14,21H2. The van der Waals surface area contributed by atoms with Crippen LogP contribution in [-0.4, -0.2) is 32.2 Å². The molecule has 1 heterocycles. The average molecular weight is 392 g/mol. The molecule has 2 N–H and O–H groups in total. The van der Waals surface area contributed by atoms with E-state index in [-0.39, 0.29) is 4.90 Å². The lowest BCUT2D eigenvalue weighted by Gasteiger charge is -2.30. The third-order valence-corrected chi connectivity index (χ3v) is 6.00. The summed E-state index contributed by atoms with van der Waals surface area (Å²) in [6.07, 6.45) is 3.49. The van der Waals surface area contributed by atoms with Crippen LogP contribution < -0.4 is 5.73 Å². The van der Waals surface area contributed by atoms with Crippen molar-refractivity contribution in [2.75, 3.05) is 18.8 Å². The van der Waals surface area contributed by atoms with E-state index < -0.39 is 10.0 Å². The first kappa shape index (κ1) is 18.7. The number of hydrogen-bond acceptors (Lipinski definition) is 3. The fourth-order valence-electron chi connectivity index (χ4n) is 2.96. The SMILES string of the molecule is Nc1ccc(CCN2CCCCC2=NS(=O)(=O)c2ccc(Cl)cc2)cc1. The predicted octanol–water partition coefficient (Wildman–Crippen LogP) is 3.74. The molecule has 0 bridgehead atoms. The minimum atomic E-state index is -3.73. The van der Waals surface area contributed by atoms with Crippen LogP contribution >= 0.6 is 11.6 Å². The van der Waals surface area contributed by atoms with E-state index >= 15 is 0 Å². The molecule has 0 atom stereocenters. The first-order chi connectivity index (χ1) is 12.4. The fourth-order valence-corrected chi connectivity index (χ4v) is 4.16. The molecule has 0 amide bonds. The van der Waals surface area contributed by atoms with Crippen LogP contribution in [0, 0.1) is 0 Å². The van der Waals surface area contributed by atoms with Crippen molar-refractivity contribution >= 4 is 33.1 Å². The van der Waals surface area contributed by atoms with Crippen LogP contribution in [0.2, 0.25) is 5.02 Å². The van der Waals surface area contributed by atoms with Gasteiger partial charge < -0.3 is 10.6 Å². The van der Waals surface area contributed by atoms with E-state index in [4.69, 9.17) is 17.3 Å². The highest BCUT2D eigenvalue weighted by molar-refractivity contribution is 7.90. The lowest BCUT2D eigenvalue weighted by molar-refractivity contribution is 0.374. The van der Waals surface area contributed by atoms with Crippen LogP contribution in [0.1, 0.15) is 24.8 Å². The second kappa shape index (κ2) is 8.10. The van der Waals surface area contributed by atoms with Crippen LogP contribution in [0.5, 0.6) is 0 Å². The number of rotatable bonds is 5. The van der Waals surface area contributed by atoms with Crippen LogP contribution in [0.3, 0.4) is 0 Å². The summed E-state index contributed by atoms with van der Waals surface area (Å²) < 4.78 is 29.3. The Hall–Kier alpha value is -2.05. The van der Waals surface area contributed by atoms with E-state index in [2.05, 4.69) is 9.30 Å². The Balaban J connectivity index is 1.76. The summed E-state index contributed by atoms with van der Waals surface area (Å²) in [4.78, 5) is 2.24. The number of anilines is 1. The highest BCUT2D eigenvalue weighted by Gasteiger charge is 2.21. The van der Waals surface area contributed by atoms with Gasteiger partial charge in [0.05, 0.1) is 4.90 Å². The van der Waals surface area contributed by atoms with Gasteiger partial charge in [0.25, 0.3) is 10.0 Å². The minimum absolute atomic E-state index is 0.165. The van der Waals surface area contributed by atoms with E-state index in [1.807, 2.05) is 24.3 Å². The second-order valence-electron chi connectivity index (χ2n) is 6.37. The molecule has 3 rings (SSSR count). The fraction of sp³-hybridized carbons (Fsp3) is 0.316. The Labute approximate surface area is 159 Å². The number of amidine groups is 1. The Bertz CT molecular complexity index is 878. The zero-order chi connectivity index (χ0) is 18.6. The summed E-state index contributed by atoms with van der Waals surface area (Å²) in [6.45, 7) is 1.56. The Morgan fingerprint density at radius 1 is 1.04 bits per heavy atom. The molecule has 0 spiro atoms. The van der Waals surface area contributed by atoms with Crippen molar-refractivity contribution in [1.29, 1.82) is 0 Å². The predicted molar refractivity (Wildman–Crippen MR) is 106 cm³/mol. The quantitative estimate of drug-likeness (QED) is 0.788. The smallest absolute Gasteiger partial charge is 0.283 e. The molecule has 0 saturated carbocycles. The molecule has 0 aromatic heterocycles. The number of sulfonamides is 1. The van der Waals surface area contributed by atoms with E-state index in [0.717, 1.165) is 38.0 Å². The summed E-state index contributed by atoms with van der Waals surface area (Å²) in [5, 5.41) is 0.499. The Morgan fingerprint density at radius 2 is 1.73 bits per heavy atom. The van der Waals surface area contributed by atoms with Crippen molar-refractivity contribution in [2.24, 2.45) is 4.40 Å². The largest absolute Gasteiger partial charge is 0.399 e. The molecule has 1 fully saturated rings. The Morgan fingerprint density at radius 3 is 2.42 bits per heavy atom. The molecule has 1 saturated heterocycles. The van der Waals surface area contributed by atoms with Gasteiger partial charge in [-0.1, -0.05) is 23.7 Å². The number of piperidine rings is 1. The Kier molecular flexibility index (Phi) is 5.84. The zero-order valence-electron chi connectivity index (χ0n) is 14.4. The maximum Gasteiger partial charge on any atom is 0.283 e. The van der Waals surface area contributed by atoms with Crippen molar-refractivity contribution in [2.45, 2.75) is 30.6 Å². The molecule has 1 aliphatic heterocycles. The topological polar surface area (TPSA) is 75.8 Å². The monoisotopic (exact) mass is 391 g/mol. The number of hydrogen-bond donors (Lipinski definition) is 1. The van der Waals surface area contributed by atoms with Gasteiger partial charge in [-0.25, -0.2) is 0 Å². The zero-order valence-corrected chi connectivity index (χ0v) is 16.0. The highest BCUT2D eigenvalue weighted by atomic mass is 35.5. The van der Waals surface area contributed by atoms with E-state index in [1.54, 1.807) is 12.1 Å². The molecule has 138 valence electrons. The van der Waals surface area contributed by atoms with Gasteiger partial charge in [-0.15, -0.1) is 4.40 Å². The summed E-state index contributed by atoms with van der Waals surface area (Å²) in [7, 11) is -3.73. The summed E-state index contributed by atoms with van der Waals surface area (Å²) >= 11 is 5.84. The first-order valence-corrected chi connectivity index (χ1v) is 10.4. The molecule has 0 unspecified atom stereocenters. The van der Waals surface area contributed by atoms with Crippen LogP contribution in [0.25, 0.3) is 0 Å². The number of likely N-dealkylation sites (tertiary alicyclic amines) is 1. The van der Waals surface area contributed by atoms with E-state index in [1.165, 1.54) is 17.7 Å². The molecule has 5 nitrogen and oxygen atoms in total. The molecule has 2 aromatic rings. The van der Waals surface area contributed by atoms with Crippen molar-refractivity contribution < 1.29 is 8.42 Å². The lowest BCUT2D eigenvalue weighted by atomic mass is 10.1. The highest BCUT2D eigenvalue weighted by Crippen LogP contribution is 2.20. The second-order valence-corrected chi connectivity index (χ2v) is 8.41. The molecule has 7 heteroatoms. The number of nitrogens with two attached hydrogens (primary N) is 1. The van der Waals surface area contributed by atoms with Gasteiger partial charge >= 0.3 is 0 Å². The van der Waals surface area contributed by atoms with Crippen molar-refractivity contribution in [3.05, 3.63) is 59.1 Å². The van der Waals surface area contributed by atoms with Crippen LogP contribution in [0.4, 0.5) is 5.69 Å². The van der Waals surface area contributed by atoms with E-state index in [0.29, 0.717) is 17.3 Å². The molecule has 2 aromatic carbocycles. The number of nitrogen functional groups attached to an aromatic ring is 1. The maximum atomic E-state index is 12.6. The van der Waals surface area contributed by atoms with E-state index in [9.17, 15) is 8.42 Å². The van der Waals surface area contributed by atoms with Crippen molar-refractivity contribution in [3.8, 4) is 0 Å². The first-order valence-electron chi connectivity index (χ1n) is 8.63. The summed E-state index contributed by atoms with van der Waals surface area (Å²) in [5.74, 6) is 0.640. The lowest BCUT2D eigenvalue weighted by Crippen LogP contribution is -2.37. The third-order valence-electron chi connectivity index (χ3n) is 4.43. The van der Waals surface area contributed by atoms with Gasteiger partial charge in [-0.05, 0) is 61.2 Å². The minimum Gasteiger partial charge on any atom is -0.399 e. The van der Waals surface area contributed by atoms with Gasteiger partial charge in [0.15, 0.2) is 0 Å². The van der Waals surface area contributed by atoms with Gasteiger partial charge in [0.1, 0.15) is 5.84 Å². The number of halogens is 1. The molecule has 26 heavy (non-hydrogen) atoms. The molecule has 0 radical (unpaired) electrons. The van der Waals surface area contributed by atoms with Gasteiger partial charge in [-0.3, -0.25) is 0 Å². The molecule has 1 aliphatic rings. The average Bonchev–Trinajstić information content (AvgIpc) is 2.62. The van der Waals surface area contributed by atoms with Gasteiger partial charge in [0, 0.05) is 30.2 Å². The van der Waals surface area contributed by atoms with Crippen LogP contribution in [0.15, 0.2) is 57.8 Å². The molecular formula is C19H22ClN3O2S. The summed E-state index contributed by atoms with van der Waals surface area (Å²) in [6, 6.07) is 13.9. The summed E-state index contributed by atoms with van der Waals surface area (Å²) in [5.41, 5.74) is 7.63. The molecule has 0 aliphatic carbocycles. The molecular weight excluding hydrogens is 370 g/mol. The van der Waals surface area contributed by atoms with Crippen molar-refractivity contribution in [3.63, 3.8) is 0 Å². The van der Waals surface area contributed by atoms with Gasteiger partial charge in [-0.2, -0.15) is 8.42 Å². The van der Waals surface area contributed by atoms with Crippen LogP contribution in [-0.2, 0) is 16.4 Å². The maximum absolute atomic E-state index is 12.6. The number of nitrogens with zero attached hydrogens (tertiary/aromatic N) is 2.